The van der Waals surface area contributed by atoms with Crippen LogP contribution < -0.4 is 16.2 Å². The molecule has 0 fully saturated rings. The van der Waals surface area contributed by atoms with E-state index in [2.05, 4.69) is 0 Å². The first-order chi connectivity index (χ1) is 6.27. The van der Waals surface area contributed by atoms with Gasteiger partial charge < -0.3 is 16.2 Å². The van der Waals surface area contributed by atoms with E-state index in [1.165, 1.54) is 0 Å². The van der Waals surface area contributed by atoms with Crippen LogP contribution in [0.1, 0.15) is 12.5 Å². The lowest BCUT2D eigenvalue weighted by Crippen LogP contribution is -2.04. The molecule has 0 saturated carbocycles. The normalized spacial score (nSPS) is 10.0. The highest BCUT2D eigenvalue weighted by Gasteiger charge is 2.00. The molecule has 3 nitrogen and oxygen atoms in total. The maximum Gasteiger partial charge on any atom is 0.142 e. The van der Waals surface area contributed by atoms with Gasteiger partial charge in [0, 0.05) is 0 Å². The minimum atomic E-state index is 0.639. The first kappa shape index (κ1) is 9.86. The van der Waals surface area contributed by atoms with Gasteiger partial charge in [-0.1, -0.05) is 6.07 Å². The molecule has 72 valence electrons. The largest absolute Gasteiger partial charge is 0.492 e. The number of benzene rings is 1. The molecule has 0 saturated heterocycles. The summed E-state index contributed by atoms with van der Waals surface area (Å²) in [7, 11) is 0. The van der Waals surface area contributed by atoms with Crippen LogP contribution in [0.5, 0.6) is 5.75 Å². The number of rotatable bonds is 4. The zero-order chi connectivity index (χ0) is 9.68. The molecule has 3 heteroatoms. The summed E-state index contributed by atoms with van der Waals surface area (Å²) < 4.78 is 5.31. The molecule has 0 aliphatic heterocycles. The van der Waals surface area contributed by atoms with Crippen molar-refractivity contribution in [3.63, 3.8) is 0 Å². The average molecular weight is 180 g/mol. The summed E-state index contributed by atoms with van der Waals surface area (Å²) in [5.41, 5.74) is 13.1. The van der Waals surface area contributed by atoms with Crippen molar-refractivity contribution in [3.05, 3.63) is 23.8 Å². The maximum absolute atomic E-state index is 5.77. The summed E-state index contributed by atoms with van der Waals surface area (Å²) in [6, 6.07) is 5.80. The SMILES string of the molecule is CCOc1ccc(CCN)cc1N. The predicted molar refractivity (Wildman–Crippen MR) is 54.8 cm³/mol. The van der Waals surface area contributed by atoms with Gasteiger partial charge in [0.2, 0.25) is 0 Å². The van der Waals surface area contributed by atoms with Gasteiger partial charge in [-0.2, -0.15) is 0 Å². The van der Waals surface area contributed by atoms with Crippen molar-refractivity contribution < 1.29 is 4.74 Å². The smallest absolute Gasteiger partial charge is 0.142 e. The van der Waals surface area contributed by atoms with E-state index in [0.29, 0.717) is 18.8 Å². The van der Waals surface area contributed by atoms with E-state index in [1.54, 1.807) is 0 Å². The molecule has 0 radical (unpaired) electrons. The van der Waals surface area contributed by atoms with E-state index in [-0.39, 0.29) is 0 Å². The van der Waals surface area contributed by atoms with Crippen LogP contribution in [0.4, 0.5) is 5.69 Å². The van der Waals surface area contributed by atoms with Crippen molar-refractivity contribution in [1.29, 1.82) is 0 Å². The van der Waals surface area contributed by atoms with E-state index < -0.39 is 0 Å². The second-order valence-corrected chi connectivity index (χ2v) is 2.84. The Morgan fingerprint density at radius 3 is 2.69 bits per heavy atom. The topological polar surface area (TPSA) is 61.3 Å². The van der Waals surface area contributed by atoms with E-state index >= 15 is 0 Å². The van der Waals surface area contributed by atoms with Crippen LogP contribution in [0.3, 0.4) is 0 Å². The van der Waals surface area contributed by atoms with Gasteiger partial charge >= 0.3 is 0 Å². The summed E-state index contributed by atoms with van der Waals surface area (Å²) in [5, 5.41) is 0. The minimum Gasteiger partial charge on any atom is -0.492 e. The van der Waals surface area contributed by atoms with Gasteiger partial charge in [0.15, 0.2) is 0 Å². The van der Waals surface area contributed by atoms with Gasteiger partial charge in [0.25, 0.3) is 0 Å². The maximum atomic E-state index is 5.77. The van der Waals surface area contributed by atoms with Crippen LogP contribution in [0, 0.1) is 0 Å². The van der Waals surface area contributed by atoms with Crippen molar-refractivity contribution in [3.8, 4) is 5.75 Å². The summed E-state index contributed by atoms with van der Waals surface area (Å²) in [6.07, 6.45) is 0.858. The fourth-order valence-corrected chi connectivity index (χ4v) is 1.21. The molecule has 13 heavy (non-hydrogen) atoms. The Bertz CT molecular complexity index is 274. The van der Waals surface area contributed by atoms with Crippen molar-refractivity contribution in [2.45, 2.75) is 13.3 Å². The van der Waals surface area contributed by atoms with Gasteiger partial charge in [-0.15, -0.1) is 0 Å². The number of anilines is 1. The summed E-state index contributed by atoms with van der Waals surface area (Å²) in [5.74, 6) is 0.753. The molecule has 0 aliphatic rings. The standard InChI is InChI=1S/C10H16N2O/c1-2-13-10-4-3-8(5-6-11)7-9(10)12/h3-4,7H,2,5-6,11-12H2,1H3. The summed E-state index contributed by atoms with van der Waals surface area (Å²) in [6.45, 7) is 3.22. The number of ether oxygens (including phenoxy) is 1. The average Bonchev–Trinajstić information content (AvgIpc) is 2.10. The fraction of sp³-hybridized carbons (Fsp3) is 0.400. The second kappa shape index (κ2) is 4.72. The molecular formula is C10H16N2O. The molecule has 0 aromatic heterocycles. The minimum absolute atomic E-state index is 0.639. The summed E-state index contributed by atoms with van der Waals surface area (Å²) >= 11 is 0. The molecule has 0 atom stereocenters. The molecule has 4 N–H and O–H groups in total. The molecule has 1 aromatic carbocycles. The van der Waals surface area contributed by atoms with Gasteiger partial charge in [0.1, 0.15) is 5.75 Å². The quantitative estimate of drug-likeness (QED) is 0.684. The Labute approximate surface area is 78.7 Å². The Morgan fingerprint density at radius 2 is 2.15 bits per heavy atom. The van der Waals surface area contributed by atoms with Gasteiger partial charge in [-0.3, -0.25) is 0 Å². The third-order valence-electron chi connectivity index (χ3n) is 1.81. The van der Waals surface area contributed by atoms with E-state index in [9.17, 15) is 0 Å². The zero-order valence-electron chi connectivity index (χ0n) is 7.92. The lowest BCUT2D eigenvalue weighted by atomic mass is 10.1. The Kier molecular flexibility index (Phi) is 3.58. The monoisotopic (exact) mass is 180 g/mol. The molecule has 0 amide bonds. The highest BCUT2D eigenvalue weighted by Crippen LogP contribution is 2.22. The predicted octanol–water partition coefficient (Wildman–Crippen LogP) is 1.17. The van der Waals surface area contributed by atoms with Crippen LogP contribution in [0.15, 0.2) is 18.2 Å². The van der Waals surface area contributed by atoms with Crippen LogP contribution in [-0.4, -0.2) is 13.2 Å². The van der Waals surface area contributed by atoms with Crippen LogP contribution in [0.2, 0.25) is 0 Å². The molecule has 0 aliphatic carbocycles. The zero-order valence-corrected chi connectivity index (χ0v) is 7.92. The van der Waals surface area contributed by atoms with Crippen molar-refractivity contribution in [1.82, 2.24) is 0 Å². The van der Waals surface area contributed by atoms with Crippen LogP contribution in [-0.2, 0) is 6.42 Å². The Morgan fingerprint density at radius 1 is 1.38 bits per heavy atom. The van der Waals surface area contributed by atoms with E-state index in [4.69, 9.17) is 16.2 Å². The Hall–Kier alpha value is -1.22. The number of nitrogen functional groups attached to an aromatic ring is 1. The third-order valence-corrected chi connectivity index (χ3v) is 1.81. The number of hydrogen-bond donors (Lipinski definition) is 2. The number of nitrogens with two attached hydrogens (primary N) is 2. The van der Waals surface area contributed by atoms with Crippen LogP contribution >= 0.6 is 0 Å². The lowest BCUT2D eigenvalue weighted by molar-refractivity contribution is 0.342. The molecular weight excluding hydrogens is 164 g/mol. The van der Waals surface area contributed by atoms with Gasteiger partial charge in [-0.25, -0.2) is 0 Å². The molecule has 1 rings (SSSR count). The van der Waals surface area contributed by atoms with E-state index in [0.717, 1.165) is 17.7 Å². The lowest BCUT2D eigenvalue weighted by Gasteiger charge is -2.07. The Balaban J connectivity index is 2.79. The van der Waals surface area contributed by atoms with Gasteiger partial charge in [0.05, 0.1) is 12.3 Å². The van der Waals surface area contributed by atoms with Crippen LogP contribution in [0.25, 0.3) is 0 Å². The van der Waals surface area contributed by atoms with E-state index in [1.807, 2.05) is 25.1 Å². The van der Waals surface area contributed by atoms with Crippen molar-refractivity contribution >= 4 is 5.69 Å². The molecule has 0 bridgehead atoms. The first-order valence-corrected chi connectivity index (χ1v) is 4.49. The number of hydrogen-bond acceptors (Lipinski definition) is 3. The third kappa shape index (κ3) is 2.63. The van der Waals surface area contributed by atoms with Gasteiger partial charge in [-0.05, 0) is 37.6 Å². The molecule has 0 spiro atoms. The molecule has 0 heterocycles. The molecule has 0 unspecified atom stereocenters. The first-order valence-electron chi connectivity index (χ1n) is 4.49. The van der Waals surface area contributed by atoms with Crippen molar-refractivity contribution in [2.24, 2.45) is 5.73 Å². The highest BCUT2D eigenvalue weighted by atomic mass is 16.5. The molecule has 1 aromatic rings. The second-order valence-electron chi connectivity index (χ2n) is 2.84. The fourth-order valence-electron chi connectivity index (χ4n) is 1.21. The van der Waals surface area contributed by atoms with Crippen molar-refractivity contribution in [2.75, 3.05) is 18.9 Å². The highest BCUT2D eigenvalue weighted by molar-refractivity contribution is 5.54. The summed E-state index contributed by atoms with van der Waals surface area (Å²) in [4.78, 5) is 0.